The zero-order chi connectivity index (χ0) is 25.2. The third-order valence-corrected chi connectivity index (χ3v) is 7.01. The van der Waals surface area contributed by atoms with E-state index >= 15 is 0 Å². The molecule has 0 spiro atoms. The van der Waals surface area contributed by atoms with Crippen molar-refractivity contribution in [3.8, 4) is 5.75 Å². The molecule has 0 atom stereocenters. The number of sulfone groups is 1. The monoisotopic (exact) mass is 496 g/mol. The Morgan fingerprint density at radius 2 is 1.94 bits per heavy atom. The predicted molar refractivity (Wildman–Crippen MR) is 129 cm³/mol. The van der Waals surface area contributed by atoms with Gasteiger partial charge in [-0.25, -0.2) is 18.9 Å². The van der Waals surface area contributed by atoms with Crippen LogP contribution in [0.1, 0.15) is 35.8 Å². The summed E-state index contributed by atoms with van der Waals surface area (Å²) in [5.74, 6) is -1.07. The lowest BCUT2D eigenvalue weighted by Gasteiger charge is -2.28. The van der Waals surface area contributed by atoms with E-state index < -0.39 is 21.6 Å². The maximum Gasteiger partial charge on any atom is 0.278 e. The van der Waals surface area contributed by atoms with Crippen LogP contribution in [0.2, 0.25) is 0 Å². The van der Waals surface area contributed by atoms with E-state index in [2.05, 4.69) is 20.2 Å². The van der Waals surface area contributed by atoms with Crippen LogP contribution in [0, 0.1) is 0 Å². The lowest BCUT2D eigenvalue weighted by molar-refractivity contribution is 0.0705. The number of pyridine rings is 2. The molecule has 0 bridgehead atoms. The van der Waals surface area contributed by atoms with Crippen LogP contribution in [0.3, 0.4) is 0 Å². The highest BCUT2D eigenvalue weighted by molar-refractivity contribution is 7.91. The van der Waals surface area contributed by atoms with Gasteiger partial charge in [0.05, 0.1) is 52.4 Å². The zero-order valence-corrected chi connectivity index (χ0v) is 20.1. The summed E-state index contributed by atoms with van der Waals surface area (Å²) in [6.07, 6.45) is 4.51. The summed E-state index contributed by atoms with van der Waals surface area (Å²) in [7, 11) is -2.42. The maximum absolute atomic E-state index is 13.5. The van der Waals surface area contributed by atoms with E-state index in [1.807, 2.05) is 13.8 Å². The Bertz CT molecular complexity index is 1450. The number of H-pyrrole nitrogens is 1. The highest BCUT2D eigenvalue weighted by Crippen LogP contribution is 2.38. The molecule has 3 N–H and O–H groups in total. The van der Waals surface area contributed by atoms with Crippen molar-refractivity contribution in [2.24, 2.45) is 0 Å². The van der Waals surface area contributed by atoms with Crippen molar-refractivity contribution in [2.45, 2.75) is 24.7 Å². The minimum atomic E-state index is -3.92. The Hall–Kier alpha value is -4.03. The Morgan fingerprint density at radius 1 is 1.20 bits per heavy atom. The fourth-order valence-electron chi connectivity index (χ4n) is 3.76. The molecule has 11 nitrogen and oxygen atoms in total. The van der Waals surface area contributed by atoms with Crippen LogP contribution in [-0.4, -0.2) is 52.7 Å². The van der Waals surface area contributed by atoms with Gasteiger partial charge >= 0.3 is 0 Å². The van der Waals surface area contributed by atoms with Gasteiger partial charge in [-0.15, -0.1) is 0 Å². The molecule has 0 fully saturated rings. The molecule has 12 heteroatoms. The van der Waals surface area contributed by atoms with Crippen LogP contribution in [0.15, 0.2) is 59.9 Å². The summed E-state index contributed by atoms with van der Waals surface area (Å²) < 4.78 is 32.2. The Labute approximate surface area is 201 Å². The quantitative estimate of drug-likeness (QED) is 0.247. The molecule has 4 aromatic rings. The number of anilines is 2. The van der Waals surface area contributed by atoms with E-state index in [4.69, 9.17) is 4.74 Å². The van der Waals surface area contributed by atoms with E-state index in [0.29, 0.717) is 28.2 Å². The summed E-state index contributed by atoms with van der Waals surface area (Å²) in [6, 6.07) is 9.36. The Balaban J connectivity index is 1.98. The molecule has 1 amide bonds. The van der Waals surface area contributed by atoms with E-state index in [1.165, 1.54) is 36.5 Å². The van der Waals surface area contributed by atoms with E-state index in [1.54, 1.807) is 35.9 Å². The van der Waals surface area contributed by atoms with Crippen LogP contribution >= 0.6 is 0 Å². The van der Waals surface area contributed by atoms with Crippen LogP contribution in [0.5, 0.6) is 5.75 Å². The fourth-order valence-corrected chi connectivity index (χ4v) is 5.08. The number of hydroxylamine groups is 1. The van der Waals surface area contributed by atoms with Crippen LogP contribution in [0.25, 0.3) is 11.0 Å². The Morgan fingerprint density at radius 3 is 2.54 bits per heavy atom. The summed E-state index contributed by atoms with van der Waals surface area (Å²) in [6.45, 7) is 3.68. The molecule has 0 aliphatic heterocycles. The molecular weight excluding hydrogens is 472 g/mol. The van der Waals surface area contributed by atoms with Crippen LogP contribution in [0.4, 0.5) is 11.4 Å². The first-order chi connectivity index (χ1) is 16.8. The van der Waals surface area contributed by atoms with Gasteiger partial charge in [0.15, 0.2) is 15.5 Å². The zero-order valence-electron chi connectivity index (χ0n) is 19.3. The van der Waals surface area contributed by atoms with Crippen molar-refractivity contribution in [1.82, 2.24) is 25.6 Å². The number of methoxy groups -OCH3 is 1. The highest BCUT2D eigenvalue weighted by Gasteiger charge is 2.31. The normalized spacial score (nSPS) is 11.6. The Kier molecular flexibility index (Phi) is 6.67. The molecule has 3 aromatic heterocycles. The van der Waals surface area contributed by atoms with Gasteiger partial charge in [0.2, 0.25) is 0 Å². The topological polar surface area (TPSA) is 150 Å². The first kappa shape index (κ1) is 24.1. The number of hydrogen-bond donors (Lipinski definition) is 3. The predicted octanol–water partition coefficient (Wildman–Crippen LogP) is 3.17. The molecule has 1 aromatic carbocycles. The molecule has 182 valence electrons. The van der Waals surface area contributed by atoms with Crippen molar-refractivity contribution in [3.63, 3.8) is 0 Å². The first-order valence-corrected chi connectivity index (χ1v) is 12.3. The molecule has 4 rings (SSSR count). The van der Waals surface area contributed by atoms with Gasteiger partial charge in [-0.1, -0.05) is 13.8 Å². The molecule has 0 saturated heterocycles. The lowest BCUT2D eigenvalue weighted by atomic mass is 9.99. The number of amides is 1. The third kappa shape index (κ3) is 4.66. The van der Waals surface area contributed by atoms with Gasteiger partial charge in [-0.05, 0) is 42.3 Å². The summed E-state index contributed by atoms with van der Waals surface area (Å²) in [5, 5.41) is 16.8. The third-order valence-electron chi connectivity index (χ3n) is 5.42. The standard InChI is InChI=1S/C23H24N6O5S/c1-14(2)20-19(23(30)28-31)21(18-12-25-27-22(18)26-20)29(15-5-4-10-24-11-15)13-35(32,33)17-8-6-16(34-3)7-9-17/h4-12,14,31H,13H2,1-3H3,(H,28,30)(H,25,26,27). The van der Waals surface area contributed by atoms with Gasteiger partial charge in [0, 0.05) is 6.20 Å². The van der Waals surface area contributed by atoms with E-state index in [9.17, 15) is 18.4 Å². The molecule has 0 aliphatic carbocycles. The molecule has 3 heterocycles. The van der Waals surface area contributed by atoms with Crippen molar-refractivity contribution in [1.29, 1.82) is 0 Å². The molecule has 0 aliphatic rings. The minimum Gasteiger partial charge on any atom is -0.497 e. The maximum atomic E-state index is 13.5. The average molecular weight is 497 g/mol. The number of hydrogen-bond acceptors (Lipinski definition) is 9. The van der Waals surface area contributed by atoms with Gasteiger partial charge in [0.25, 0.3) is 5.91 Å². The number of nitrogens with one attached hydrogen (secondary N) is 2. The second-order valence-electron chi connectivity index (χ2n) is 8.01. The number of ether oxygens (including phenoxy) is 1. The number of nitrogens with zero attached hydrogens (tertiary/aromatic N) is 4. The minimum absolute atomic E-state index is 0.0326. The molecule has 0 unspecified atom stereocenters. The molecule has 0 radical (unpaired) electrons. The molecule has 35 heavy (non-hydrogen) atoms. The van der Waals surface area contributed by atoms with Gasteiger partial charge < -0.3 is 9.64 Å². The van der Waals surface area contributed by atoms with Crippen molar-refractivity contribution in [2.75, 3.05) is 17.9 Å². The summed E-state index contributed by atoms with van der Waals surface area (Å²) in [4.78, 5) is 23.1. The van der Waals surface area contributed by atoms with Crippen molar-refractivity contribution in [3.05, 3.63) is 66.2 Å². The smallest absolute Gasteiger partial charge is 0.278 e. The number of carbonyl (C=O) groups is 1. The first-order valence-electron chi connectivity index (χ1n) is 10.6. The van der Waals surface area contributed by atoms with Crippen molar-refractivity contribution < 1.29 is 23.2 Å². The molecular formula is C23H24N6O5S. The van der Waals surface area contributed by atoms with E-state index in [-0.39, 0.29) is 22.1 Å². The number of rotatable bonds is 8. The van der Waals surface area contributed by atoms with E-state index in [0.717, 1.165) is 0 Å². The van der Waals surface area contributed by atoms with Gasteiger partial charge in [0.1, 0.15) is 11.6 Å². The number of benzene rings is 1. The number of aromatic amines is 1. The van der Waals surface area contributed by atoms with Crippen LogP contribution < -0.4 is 15.1 Å². The lowest BCUT2D eigenvalue weighted by Crippen LogP contribution is -2.30. The molecule has 0 saturated carbocycles. The number of carbonyl (C=O) groups excluding carboxylic acids is 1. The van der Waals surface area contributed by atoms with Gasteiger partial charge in [-0.2, -0.15) is 5.10 Å². The summed E-state index contributed by atoms with van der Waals surface area (Å²) >= 11 is 0. The summed E-state index contributed by atoms with van der Waals surface area (Å²) in [5.41, 5.74) is 3.08. The van der Waals surface area contributed by atoms with Crippen LogP contribution in [-0.2, 0) is 9.84 Å². The SMILES string of the molecule is COc1ccc(S(=O)(=O)CN(c2cccnc2)c2c(C(=O)NO)c(C(C)C)nc3[nH]ncc23)cc1. The number of aromatic nitrogens is 4. The second-order valence-corrected chi connectivity index (χ2v) is 9.97. The number of fused-ring (bicyclic) bond motifs is 1. The van der Waals surface area contributed by atoms with Gasteiger partial charge in [-0.3, -0.25) is 20.1 Å². The largest absolute Gasteiger partial charge is 0.497 e. The highest BCUT2D eigenvalue weighted by atomic mass is 32.2. The fraction of sp³-hybridized carbons (Fsp3) is 0.217. The average Bonchev–Trinajstić information content (AvgIpc) is 3.35. The second kappa shape index (κ2) is 9.68. The van der Waals surface area contributed by atoms with Crippen molar-refractivity contribution >= 4 is 38.2 Å².